The molecule has 9 heteroatoms. The van der Waals surface area contributed by atoms with Gasteiger partial charge in [-0.05, 0) is 47.0 Å². The van der Waals surface area contributed by atoms with Gasteiger partial charge in [-0.25, -0.2) is 8.42 Å². The summed E-state index contributed by atoms with van der Waals surface area (Å²) < 4.78 is 63.9. The molecule has 0 amide bonds. The van der Waals surface area contributed by atoms with Gasteiger partial charge in [0.2, 0.25) is 0 Å². The molecule has 0 atom stereocenters. The second kappa shape index (κ2) is 7.42. The molecular formula is C15H15ClF3NO3S. The Labute approximate surface area is 143 Å². The van der Waals surface area contributed by atoms with Gasteiger partial charge in [0, 0.05) is 12.8 Å². The third-order valence-electron chi connectivity index (χ3n) is 3.05. The van der Waals surface area contributed by atoms with Crippen LogP contribution in [0, 0.1) is 0 Å². The fraction of sp³-hybridized carbons (Fsp3) is 0.200. The maximum Gasteiger partial charge on any atom is 0.573 e. The van der Waals surface area contributed by atoms with E-state index in [0.717, 1.165) is 6.26 Å². The van der Waals surface area contributed by atoms with Crippen molar-refractivity contribution in [2.75, 3.05) is 6.26 Å². The van der Waals surface area contributed by atoms with Crippen molar-refractivity contribution in [3.63, 3.8) is 0 Å². The Morgan fingerprint density at radius 3 is 2.08 bits per heavy atom. The van der Waals surface area contributed by atoms with Crippen LogP contribution in [0.4, 0.5) is 13.2 Å². The summed E-state index contributed by atoms with van der Waals surface area (Å²) in [5, 5.41) is 0. The summed E-state index contributed by atoms with van der Waals surface area (Å²) in [6, 6.07) is 9.88. The molecule has 0 bridgehead atoms. The summed E-state index contributed by atoms with van der Waals surface area (Å²) in [5.41, 5.74) is 6.97. The number of hydrogen-bond donors (Lipinski definition) is 1. The third kappa shape index (κ3) is 5.40. The van der Waals surface area contributed by atoms with Gasteiger partial charge in [0.05, 0.1) is 4.90 Å². The zero-order valence-electron chi connectivity index (χ0n) is 12.5. The van der Waals surface area contributed by atoms with Gasteiger partial charge in [-0.3, -0.25) is 0 Å². The Kier molecular flexibility index (Phi) is 6.26. The highest BCUT2D eigenvalue weighted by Crippen LogP contribution is 2.30. The molecule has 24 heavy (non-hydrogen) atoms. The van der Waals surface area contributed by atoms with Crippen molar-refractivity contribution < 1.29 is 26.3 Å². The molecule has 0 heterocycles. The quantitative estimate of drug-likeness (QED) is 0.879. The van der Waals surface area contributed by atoms with Gasteiger partial charge in [0.25, 0.3) is 0 Å². The average molecular weight is 382 g/mol. The molecule has 2 N–H and O–H groups in total. The zero-order chi connectivity index (χ0) is 17.3. The van der Waals surface area contributed by atoms with Gasteiger partial charge in [0.1, 0.15) is 5.75 Å². The fourth-order valence-electron chi connectivity index (χ4n) is 2.03. The second-order valence-electron chi connectivity index (χ2n) is 4.91. The monoisotopic (exact) mass is 381 g/mol. The van der Waals surface area contributed by atoms with E-state index in [-0.39, 0.29) is 29.6 Å². The molecule has 0 saturated carbocycles. The van der Waals surface area contributed by atoms with Crippen molar-refractivity contribution in [2.45, 2.75) is 17.8 Å². The Morgan fingerprint density at radius 2 is 1.62 bits per heavy atom. The highest BCUT2D eigenvalue weighted by molar-refractivity contribution is 7.90. The molecule has 0 aliphatic heterocycles. The summed E-state index contributed by atoms with van der Waals surface area (Å²) in [5.74, 6) is -0.373. The molecule has 0 fully saturated rings. The molecule has 132 valence electrons. The van der Waals surface area contributed by atoms with Crippen molar-refractivity contribution in [3.8, 4) is 16.9 Å². The third-order valence-corrected chi connectivity index (χ3v) is 4.18. The Balaban J connectivity index is 0.00000288. The molecule has 0 aliphatic rings. The smallest absolute Gasteiger partial charge is 0.406 e. The molecule has 2 aromatic rings. The van der Waals surface area contributed by atoms with E-state index in [1.54, 1.807) is 6.07 Å². The van der Waals surface area contributed by atoms with E-state index in [4.69, 9.17) is 5.73 Å². The maximum absolute atomic E-state index is 12.4. The van der Waals surface area contributed by atoms with Crippen molar-refractivity contribution >= 4 is 22.2 Å². The van der Waals surface area contributed by atoms with Crippen molar-refractivity contribution in [3.05, 3.63) is 48.0 Å². The Bertz CT molecular complexity index is 806. The number of hydrogen-bond acceptors (Lipinski definition) is 4. The predicted molar refractivity (Wildman–Crippen MR) is 86.8 cm³/mol. The van der Waals surface area contributed by atoms with Crippen molar-refractivity contribution in [2.24, 2.45) is 5.73 Å². The van der Waals surface area contributed by atoms with Crippen LogP contribution in [-0.2, 0) is 16.4 Å². The lowest BCUT2D eigenvalue weighted by Gasteiger charge is -2.12. The number of rotatable bonds is 4. The minimum atomic E-state index is -4.80. The fourth-order valence-corrected chi connectivity index (χ4v) is 2.66. The van der Waals surface area contributed by atoms with Crippen LogP contribution in [0.25, 0.3) is 11.1 Å². The van der Waals surface area contributed by atoms with Crippen LogP contribution in [0.15, 0.2) is 47.4 Å². The highest BCUT2D eigenvalue weighted by Gasteiger charge is 2.31. The molecule has 0 spiro atoms. The first-order chi connectivity index (χ1) is 10.6. The standard InChI is InChI=1S/C15H14F3NO3S.ClH/c1-23(20,21)14-4-2-11(3-5-14)12-6-10(9-19)7-13(8-12)22-15(16,17)18;/h2-8H,9,19H2,1H3;1H. The number of nitrogens with two attached hydrogens (primary N) is 1. The van der Waals surface area contributed by atoms with E-state index < -0.39 is 16.2 Å². The van der Waals surface area contributed by atoms with E-state index in [1.807, 2.05) is 0 Å². The zero-order valence-corrected chi connectivity index (χ0v) is 14.1. The first kappa shape index (κ1) is 20.3. The van der Waals surface area contributed by atoms with Crippen LogP contribution < -0.4 is 10.5 Å². The van der Waals surface area contributed by atoms with Crippen molar-refractivity contribution in [1.82, 2.24) is 0 Å². The van der Waals surface area contributed by atoms with Gasteiger partial charge in [-0.1, -0.05) is 12.1 Å². The summed E-state index contributed by atoms with van der Waals surface area (Å²) >= 11 is 0. The van der Waals surface area contributed by atoms with Gasteiger partial charge < -0.3 is 10.5 Å². The van der Waals surface area contributed by atoms with Gasteiger partial charge in [-0.15, -0.1) is 25.6 Å². The van der Waals surface area contributed by atoms with Crippen LogP contribution in [0.1, 0.15) is 5.56 Å². The number of benzene rings is 2. The predicted octanol–water partition coefficient (Wildman–Crippen LogP) is 3.54. The van der Waals surface area contributed by atoms with Crippen LogP contribution in [-0.4, -0.2) is 21.0 Å². The first-order valence-electron chi connectivity index (χ1n) is 6.49. The maximum atomic E-state index is 12.4. The van der Waals surface area contributed by atoms with Crippen LogP contribution in [0.5, 0.6) is 5.75 Å². The molecule has 4 nitrogen and oxygen atoms in total. The largest absolute Gasteiger partial charge is 0.573 e. The average Bonchev–Trinajstić information content (AvgIpc) is 2.44. The normalized spacial score (nSPS) is 11.7. The molecule has 0 radical (unpaired) electrons. The lowest BCUT2D eigenvalue weighted by atomic mass is 10.0. The number of halogens is 4. The molecule has 2 rings (SSSR count). The van der Waals surface area contributed by atoms with Crippen LogP contribution in [0.3, 0.4) is 0 Å². The second-order valence-corrected chi connectivity index (χ2v) is 6.93. The Morgan fingerprint density at radius 1 is 1.04 bits per heavy atom. The summed E-state index contributed by atoms with van der Waals surface area (Å²) in [4.78, 5) is 0.128. The topological polar surface area (TPSA) is 69.4 Å². The molecule has 2 aromatic carbocycles. The van der Waals surface area contributed by atoms with E-state index >= 15 is 0 Å². The summed E-state index contributed by atoms with van der Waals surface area (Å²) in [6.07, 6.45) is -3.73. The van der Waals surface area contributed by atoms with Gasteiger partial charge in [-0.2, -0.15) is 0 Å². The van der Waals surface area contributed by atoms with Crippen LogP contribution in [0.2, 0.25) is 0 Å². The molecule has 0 aromatic heterocycles. The van der Waals surface area contributed by atoms with E-state index in [2.05, 4.69) is 4.74 Å². The minimum Gasteiger partial charge on any atom is -0.406 e. The van der Waals surface area contributed by atoms with Gasteiger partial charge >= 0.3 is 6.36 Å². The minimum absolute atomic E-state index is 0. The molecule has 0 aliphatic carbocycles. The first-order valence-corrected chi connectivity index (χ1v) is 8.38. The van der Waals surface area contributed by atoms with Gasteiger partial charge in [0.15, 0.2) is 9.84 Å². The Hall–Kier alpha value is -1.77. The lowest BCUT2D eigenvalue weighted by molar-refractivity contribution is -0.274. The van der Waals surface area contributed by atoms with Crippen LogP contribution >= 0.6 is 12.4 Å². The number of alkyl halides is 3. The number of sulfone groups is 1. The van der Waals surface area contributed by atoms with E-state index in [0.29, 0.717) is 16.7 Å². The van der Waals surface area contributed by atoms with E-state index in [1.165, 1.54) is 36.4 Å². The van der Waals surface area contributed by atoms with Crippen molar-refractivity contribution in [1.29, 1.82) is 0 Å². The highest BCUT2D eigenvalue weighted by atomic mass is 35.5. The van der Waals surface area contributed by atoms with E-state index in [9.17, 15) is 21.6 Å². The molecule has 0 unspecified atom stereocenters. The molecule has 0 saturated heterocycles. The molecular weight excluding hydrogens is 367 g/mol. The summed E-state index contributed by atoms with van der Waals surface area (Å²) in [6.45, 7) is 0.0451. The summed E-state index contributed by atoms with van der Waals surface area (Å²) in [7, 11) is -3.34. The SMILES string of the molecule is CS(=O)(=O)c1ccc(-c2cc(CN)cc(OC(F)(F)F)c2)cc1.Cl. The number of ether oxygens (including phenoxy) is 1. The lowest BCUT2D eigenvalue weighted by Crippen LogP contribution is -2.17.